The Morgan fingerprint density at radius 2 is 1.92 bits per heavy atom. The molecule has 0 N–H and O–H groups in total. The van der Waals surface area contributed by atoms with Crippen molar-refractivity contribution >= 4 is 28.5 Å². The summed E-state index contributed by atoms with van der Waals surface area (Å²) < 4.78 is 19.2. The van der Waals surface area contributed by atoms with Crippen LogP contribution in [0.3, 0.4) is 0 Å². The molecule has 3 rings (SSSR count). The Hall–Kier alpha value is -2.73. The fourth-order valence-corrected chi connectivity index (χ4v) is 3.09. The molecule has 0 saturated carbocycles. The summed E-state index contributed by atoms with van der Waals surface area (Å²) in [5.74, 6) is -0.209. The van der Waals surface area contributed by atoms with E-state index in [0.29, 0.717) is 17.8 Å². The SMILES string of the molecule is COc1ccc(N(Cc2cncs2)c2ccc(C(C)=O)cc2)cc1F. The third kappa shape index (κ3) is 3.85. The third-order valence-electron chi connectivity index (χ3n) is 3.83. The van der Waals surface area contributed by atoms with Gasteiger partial charge >= 0.3 is 0 Å². The van der Waals surface area contributed by atoms with Crippen LogP contribution >= 0.6 is 11.3 Å². The molecule has 0 radical (unpaired) electrons. The van der Waals surface area contributed by atoms with E-state index in [2.05, 4.69) is 4.98 Å². The van der Waals surface area contributed by atoms with Gasteiger partial charge in [-0.2, -0.15) is 0 Å². The lowest BCUT2D eigenvalue weighted by atomic mass is 10.1. The lowest BCUT2D eigenvalue weighted by molar-refractivity contribution is 0.101. The number of benzene rings is 2. The molecule has 0 atom stereocenters. The van der Waals surface area contributed by atoms with E-state index >= 15 is 0 Å². The van der Waals surface area contributed by atoms with Gasteiger partial charge in [0.2, 0.25) is 0 Å². The largest absolute Gasteiger partial charge is 0.494 e. The molecule has 25 heavy (non-hydrogen) atoms. The summed E-state index contributed by atoms with van der Waals surface area (Å²) in [5.41, 5.74) is 3.97. The number of rotatable bonds is 6. The molecule has 6 heteroatoms. The van der Waals surface area contributed by atoms with Crippen molar-refractivity contribution in [3.63, 3.8) is 0 Å². The molecule has 0 fully saturated rings. The Morgan fingerprint density at radius 3 is 2.48 bits per heavy atom. The Bertz CT molecular complexity index is 864. The molecule has 0 aliphatic carbocycles. The number of ketones is 1. The zero-order valence-corrected chi connectivity index (χ0v) is 14.7. The van der Waals surface area contributed by atoms with Gasteiger partial charge in [0.05, 0.1) is 19.2 Å². The van der Waals surface area contributed by atoms with Crippen LogP contribution < -0.4 is 9.64 Å². The van der Waals surface area contributed by atoms with Crippen molar-refractivity contribution in [2.75, 3.05) is 12.0 Å². The number of methoxy groups -OCH3 is 1. The van der Waals surface area contributed by atoms with Crippen LogP contribution in [0.1, 0.15) is 22.2 Å². The normalized spacial score (nSPS) is 10.5. The molecular weight excluding hydrogens is 339 g/mol. The molecule has 0 bridgehead atoms. The average Bonchev–Trinajstić information content (AvgIpc) is 3.13. The summed E-state index contributed by atoms with van der Waals surface area (Å²) in [5, 5.41) is 0. The second kappa shape index (κ2) is 7.44. The van der Waals surface area contributed by atoms with E-state index in [4.69, 9.17) is 4.74 Å². The quantitative estimate of drug-likeness (QED) is 0.593. The third-order valence-corrected chi connectivity index (χ3v) is 4.59. The Morgan fingerprint density at radius 1 is 1.20 bits per heavy atom. The molecule has 2 aromatic carbocycles. The second-order valence-corrected chi connectivity index (χ2v) is 6.45. The number of hydrogen-bond acceptors (Lipinski definition) is 5. The second-order valence-electron chi connectivity index (χ2n) is 5.48. The van der Waals surface area contributed by atoms with E-state index in [0.717, 1.165) is 10.6 Å². The number of ether oxygens (including phenoxy) is 1. The number of thiazole rings is 1. The fraction of sp³-hybridized carbons (Fsp3) is 0.158. The van der Waals surface area contributed by atoms with Crippen LogP contribution in [0, 0.1) is 5.82 Å². The van der Waals surface area contributed by atoms with Gasteiger partial charge < -0.3 is 9.64 Å². The first-order valence-electron chi connectivity index (χ1n) is 7.68. The average molecular weight is 356 g/mol. The number of carbonyl (C=O) groups excluding carboxylic acids is 1. The maximum Gasteiger partial charge on any atom is 0.167 e. The lowest BCUT2D eigenvalue weighted by Gasteiger charge is -2.25. The van der Waals surface area contributed by atoms with E-state index in [1.165, 1.54) is 31.4 Å². The van der Waals surface area contributed by atoms with Gasteiger partial charge in [-0.1, -0.05) is 0 Å². The monoisotopic (exact) mass is 356 g/mol. The number of aromatic nitrogens is 1. The zero-order valence-electron chi connectivity index (χ0n) is 13.9. The number of carbonyl (C=O) groups is 1. The Labute approximate surface area is 149 Å². The first-order chi connectivity index (χ1) is 12.1. The smallest absolute Gasteiger partial charge is 0.167 e. The number of nitrogens with zero attached hydrogens (tertiary/aromatic N) is 2. The summed E-state index contributed by atoms with van der Waals surface area (Å²) in [6.07, 6.45) is 1.79. The van der Waals surface area contributed by atoms with Gasteiger partial charge in [0.25, 0.3) is 0 Å². The highest BCUT2D eigenvalue weighted by atomic mass is 32.1. The predicted molar refractivity (Wildman–Crippen MR) is 97.4 cm³/mol. The van der Waals surface area contributed by atoms with Gasteiger partial charge in [0.15, 0.2) is 17.3 Å². The standard InChI is InChI=1S/C19H17FN2O2S/c1-13(23)14-3-5-15(6-4-14)22(11-17-10-21-12-25-17)16-7-8-19(24-2)18(20)9-16/h3-10,12H,11H2,1-2H3. The molecule has 0 amide bonds. The van der Waals surface area contributed by atoms with E-state index in [1.54, 1.807) is 29.9 Å². The lowest BCUT2D eigenvalue weighted by Crippen LogP contribution is -2.16. The number of hydrogen-bond donors (Lipinski definition) is 0. The van der Waals surface area contributed by atoms with Gasteiger partial charge in [-0.05, 0) is 43.3 Å². The van der Waals surface area contributed by atoms with Crippen LogP contribution in [0.4, 0.5) is 15.8 Å². The Balaban J connectivity index is 2.00. The first kappa shape index (κ1) is 17.1. The minimum atomic E-state index is -0.422. The summed E-state index contributed by atoms with van der Waals surface area (Å²) in [6, 6.07) is 12.1. The van der Waals surface area contributed by atoms with Crippen molar-refractivity contribution in [3.8, 4) is 5.75 Å². The zero-order chi connectivity index (χ0) is 17.8. The minimum Gasteiger partial charge on any atom is -0.494 e. The van der Waals surface area contributed by atoms with E-state index in [-0.39, 0.29) is 11.5 Å². The summed E-state index contributed by atoms with van der Waals surface area (Å²) in [6.45, 7) is 2.08. The minimum absolute atomic E-state index is 0.0102. The van der Waals surface area contributed by atoms with Crippen LogP contribution in [-0.4, -0.2) is 17.9 Å². The molecule has 128 valence electrons. The highest BCUT2D eigenvalue weighted by molar-refractivity contribution is 7.09. The van der Waals surface area contributed by atoms with Crippen molar-refractivity contribution < 1.29 is 13.9 Å². The van der Waals surface area contributed by atoms with Crippen molar-refractivity contribution in [2.45, 2.75) is 13.5 Å². The molecule has 1 heterocycles. The predicted octanol–water partition coefficient (Wildman–Crippen LogP) is 4.83. The van der Waals surface area contributed by atoms with Crippen LogP contribution in [-0.2, 0) is 6.54 Å². The molecule has 1 aromatic heterocycles. The molecule has 3 aromatic rings. The van der Waals surface area contributed by atoms with Crippen LogP contribution in [0.2, 0.25) is 0 Å². The van der Waals surface area contributed by atoms with E-state index < -0.39 is 5.82 Å². The van der Waals surface area contributed by atoms with E-state index in [9.17, 15) is 9.18 Å². The number of Topliss-reactive ketones (excluding diaryl/α,β-unsaturated/α-hetero) is 1. The van der Waals surface area contributed by atoms with Crippen molar-refractivity contribution in [3.05, 3.63) is 70.4 Å². The highest BCUT2D eigenvalue weighted by Gasteiger charge is 2.14. The molecular formula is C19H17FN2O2S. The van der Waals surface area contributed by atoms with E-state index in [1.807, 2.05) is 23.1 Å². The van der Waals surface area contributed by atoms with Gasteiger partial charge in [-0.3, -0.25) is 9.78 Å². The number of halogens is 1. The molecule has 0 aliphatic heterocycles. The maximum absolute atomic E-state index is 14.2. The molecule has 0 unspecified atom stereocenters. The van der Waals surface area contributed by atoms with Gasteiger partial charge in [0.1, 0.15) is 0 Å². The Kier molecular flexibility index (Phi) is 5.09. The van der Waals surface area contributed by atoms with Gasteiger partial charge in [-0.25, -0.2) is 4.39 Å². The van der Waals surface area contributed by atoms with Crippen molar-refractivity contribution in [2.24, 2.45) is 0 Å². The van der Waals surface area contributed by atoms with Crippen molar-refractivity contribution in [1.82, 2.24) is 4.98 Å². The highest BCUT2D eigenvalue weighted by Crippen LogP contribution is 2.31. The number of anilines is 2. The fourth-order valence-electron chi connectivity index (χ4n) is 2.51. The molecule has 0 aliphatic rings. The van der Waals surface area contributed by atoms with Crippen LogP contribution in [0.15, 0.2) is 54.2 Å². The first-order valence-corrected chi connectivity index (χ1v) is 8.56. The molecule has 4 nitrogen and oxygen atoms in total. The maximum atomic E-state index is 14.2. The summed E-state index contributed by atoms with van der Waals surface area (Å²) in [7, 11) is 1.44. The van der Waals surface area contributed by atoms with Gasteiger partial charge in [0, 0.05) is 34.1 Å². The summed E-state index contributed by atoms with van der Waals surface area (Å²) in [4.78, 5) is 18.6. The summed E-state index contributed by atoms with van der Waals surface area (Å²) >= 11 is 1.54. The topological polar surface area (TPSA) is 42.4 Å². The van der Waals surface area contributed by atoms with Crippen LogP contribution in [0.25, 0.3) is 0 Å². The van der Waals surface area contributed by atoms with Crippen molar-refractivity contribution in [1.29, 1.82) is 0 Å². The molecule has 0 saturated heterocycles. The molecule has 0 spiro atoms. The van der Waals surface area contributed by atoms with Gasteiger partial charge in [-0.15, -0.1) is 11.3 Å². The van der Waals surface area contributed by atoms with Crippen LogP contribution in [0.5, 0.6) is 5.75 Å².